The van der Waals surface area contributed by atoms with Crippen LogP contribution in [0.4, 0.5) is 5.69 Å². The highest BCUT2D eigenvalue weighted by Crippen LogP contribution is 2.15. The molecule has 0 radical (unpaired) electrons. The van der Waals surface area contributed by atoms with Gasteiger partial charge in [-0.25, -0.2) is 4.79 Å². The summed E-state index contributed by atoms with van der Waals surface area (Å²) in [5.74, 6) is -0.214. The van der Waals surface area contributed by atoms with Crippen LogP contribution >= 0.6 is 0 Å². The summed E-state index contributed by atoms with van der Waals surface area (Å²) in [6.45, 7) is 0. The van der Waals surface area contributed by atoms with Crippen LogP contribution in [-0.2, 0) is 0 Å². The van der Waals surface area contributed by atoms with Gasteiger partial charge in [0.2, 0.25) is 0 Å². The van der Waals surface area contributed by atoms with Crippen LogP contribution in [0.5, 0.6) is 5.75 Å². The number of aromatic carboxylic acids is 1. The summed E-state index contributed by atoms with van der Waals surface area (Å²) in [4.78, 5) is 10.7. The van der Waals surface area contributed by atoms with Crippen LogP contribution in [0.2, 0.25) is 0 Å². The van der Waals surface area contributed by atoms with Crippen molar-refractivity contribution in [3.05, 3.63) is 59.7 Å². The monoisotopic (exact) mass is 270 g/mol. The summed E-state index contributed by atoms with van der Waals surface area (Å²) in [6.07, 6.45) is 1.64. The Balaban J connectivity index is 2.04. The first kappa shape index (κ1) is 13.6. The number of benzene rings is 2. The molecular formula is C15H14N2O3. The van der Waals surface area contributed by atoms with Crippen LogP contribution in [0.15, 0.2) is 53.6 Å². The molecule has 0 fully saturated rings. The number of para-hydroxylation sites is 1. The van der Waals surface area contributed by atoms with Gasteiger partial charge < -0.3 is 9.84 Å². The topological polar surface area (TPSA) is 70.9 Å². The standard InChI is InChI=1S/C15H14N2O3/c1-20-14-5-3-2-4-12(14)10-16-17-13-8-6-11(7-9-13)15(18)19/h2-10,17H,1H3,(H,18,19)/b16-10-. The highest BCUT2D eigenvalue weighted by Gasteiger charge is 2.01. The molecular weight excluding hydrogens is 256 g/mol. The molecule has 0 amide bonds. The Morgan fingerprint density at radius 2 is 1.90 bits per heavy atom. The number of nitrogens with one attached hydrogen (secondary N) is 1. The number of hydrazone groups is 1. The number of nitrogens with zero attached hydrogens (tertiary/aromatic N) is 1. The Bertz CT molecular complexity index is 621. The lowest BCUT2D eigenvalue weighted by molar-refractivity contribution is 0.0697. The van der Waals surface area contributed by atoms with Crippen molar-refractivity contribution in [1.82, 2.24) is 0 Å². The van der Waals surface area contributed by atoms with Crippen LogP contribution < -0.4 is 10.2 Å². The van der Waals surface area contributed by atoms with E-state index in [4.69, 9.17) is 9.84 Å². The number of methoxy groups -OCH3 is 1. The van der Waals surface area contributed by atoms with Gasteiger partial charge in [-0.3, -0.25) is 5.43 Å². The smallest absolute Gasteiger partial charge is 0.335 e. The molecule has 0 saturated carbocycles. The van der Waals surface area contributed by atoms with Gasteiger partial charge in [-0.05, 0) is 36.4 Å². The Hall–Kier alpha value is -2.82. The fraction of sp³-hybridized carbons (Fsp3) is 0.0667. The molecule has 2 rings (SSSR count). The molecule has 0 heterocycles. The number of anilines is 1. The van der Waals surface area contributed by atoms with Gasteiger partial charge in [0, 0.05) is 5.56 Å². The first-order valence-electron chi connectivity index (χ1n) is 5.96. The van der Waals surface area contributed by atoms with E-state index >= 15 is 0 Å². The molecule has 0 aliphatic heterocycles. The van der Waals surface area contributed by atoms with Gasteiger partial charge >= 0.3 is 5.97 Å². The minimum atomic E-state index is -0.950. The fourth-order valence-corrected chi connectivity index (χ4v) is 1.64. The average molecular weight is 270 g/mol. The van der Waals surface area contributed by atoms with Gasteiger partial charge in [0.1, 0.15) is 5.75 Å². The van der Waals surface area contributed by atoms with Crippen molar-refractivity contribution in [2.45, 2.75) is 0 Å². The number of hydrogen-bond donors (Lipinski definition) is 2. The molecule has 5 nitrogen and oxygen atoms in total. The van der Waals surface area contributed by atoms with Gasteiger partial charge in [0.05, 0.1) is 24.6 Å². The molecule has 0 saturated heterocycles. The maximum absolute atomic E-state index is 10.7. The maximum atomic E-state index is 10.7. The molecule has 0 atom stereocenters. The minimum Gasteiger partial charge on any atom is -0.496 e. The molecule has 0 aromatic heterocycles. The summed E-state index contributed by atoms with van der Waals surface area (Å²) in [6, 6.07) is 13.9. The molecule has 20 heavy (non-hydrogen) atoms. The fourth-order valence-electron chi connectivity index (χ4n) is 1.64. The summed E-state index contributed by atoms with van der Waals surface area (Å²) >= 11 is 0. The zero-order valence-electron chi connectivity index (χ0n) is 10.9. The minimum absolute atomic E-state index is 0.240. The molecule has 2 N–H and O–H groups in total. The third-order valence-corrected chi connectivity index (χ3v) is 2.67. The third-order valence-electron chi connectivity index (χ3n) is 2.67. The van der Waals surface area contributed by atoms with Crippen molar-refractivity contribution in [2.75, 3.05) is 12.5 Å². The van der Waals surface area contributed by atoms with Gasteiger partial charge in [-0.2, -0.15) is 5.10 Å². The van der Waals surface area contributed by atoms with Gasteiger partial charge in [0.15, 0.2) is 0 Å². The van der Waals surface area contributed by atoms with Gasteiger partial charge in [-0.15, -0.1) is 0 Å². The van der Waals surface area contributed by atoms with E-state index in [1.54, 1.807) is 25.5 Å². The Morgan fingerprint density at radius 3 is 2.55 bits per heavy atom. The highest BCUT2D eigenvalue weighted by molar-refractivity contribution is 5.88. The number of carboxylic acids is 1. The van der Waals surface area contributed by atoms with E-state index in [-0.39, 0.29) is 5.56 Å². The van der Waals surface area contributed by atoms with E-state index in [9.17, 15) is 4.79 Å². The van der Waals surface area contributed by atoms with Crippen molar-refractivity contribution in [3.63, 3.8) is 0 Å². The second-order valence-corrected chi connectivity index (χ2v) is 3.99. The number of hydrogen-bond acceptors (Lipinski definition) is 4. The number of carbonyl (C=O) groups is 1. The molecule has 5 heteroatoms. The quantitative estimate of drug-likeness (QED) is 0.647. The lowest BCUT2D eigenvalue weighted by Gasteiger charge is -2.04. The second-order valence-electron chi connectivity index (χ2n) is 3.99. The summed E-state index contributed by atoms with van der Waals surface area (Å²) in [5, 5.41) is 12.9. The first-order valence-corrected chi connectivity index (χ1v) is 5.96. The summed E-state index contributed by atoms with van der Waals surface area (Å²) in [7, 11) is 1.60. The van der Waals surface area contributed by atoms with Gasteiger partial charge in [0.25, 0.3) is 0 Å². The van der Waals surface area contributed by atoms with E-state index in [2.05, 4.69) is 10.5 Å². The lowest BCUT2D eigenvalue weighted by Crippen LogP contribution is -1.97. The second kappa shape index (κ2) is 6.38. The normalized spacial score (nSPS) is 10.4. The molecule has 0 spiro atoms. The predicted molar refractivity (Wildman–Crippen MR) is 77.6 cm³/mol. The SMILES string of the molecule is COc1ccccc1/C=N\Nc1ccc(C(=O)O)cc1. The number of carboxylic acid groups (broad SMARTS) is 1. The van der Waals surface area contributed by atoms with Crippen molar-refractivity contribution in [2.24, 2.45) is 5.10 Å². The number of ether oxygens (including phenoxy) is 1. The molecule has 2 aromatic carbocycles. The van der Waals surface area contributed by atoms with Crippen molar-refractivity contribution < 1.29 is 14.6 Å². The zero-order valence-corrected chi connectivity index (χ0v) is 10.9. The maximum Gasteiger partial charge on any atom is 0.335 e. The Morgan fingerprint density at radius 1 is 1.20 bits per heavy atom. The van der Waals surface area contributed by atoms with E-state index in [0.29, 0.717) is 5.69 Å². The van der Waals surface area contributed by atoms with Crippen molar-refractivity contribution in [3.8, 4) is 5.75 Å². The van der Waals surface area contributed by atoms with Crippen molar-refractivity contribution in [1.29, 1.82) is 0 Å². The molecule has 0 bridgehead atoms. The van der Waals surface area contributed by atoms with Crippen molar-refractivity contribution >= 4 is 17.9 Å². The van der Waals surface area contributed by atoms with Crippen LogP contribution in [0.1, 0.15) is 15.9 Å². The van der Waals surface area contributed by atoms with E-state index in [0.717, 1.165) is 11.3 Å². The lowest BCUT2D eigenvalue weighted by atomic mass is 10.2. The van der Waals surface area contributed by atoms with E-state index < -0.39 is 5.97 Å². The Labute approximate surface area is 116 Å². The predicted octanol–water partition coefficient (Wildman–Crippen LogP) is 2.84. The van der Waals surface area contributed by atoms with Crippen LogP contribution in [0.3, 0.4) is 0 Å². The van der Waals surface area contributed by atoms with E-state index in [1.807, 2.05) is 24.3 Å². The average Bonchev–Trinajstić information content (AvgIpc) is 2.48. The van der Waals surface area contributed by atoms with Gasteiger partial charge in [-0.1, -0.05) is 12.1 Å². The summed E-state index contributed by atoms with van der Waals surface area (Å²) < 4.78 is 5.21. The molecule has 0 unspecified atom stereocenters. The molecule has 0 aliphatic carbocycles. The molecule has 0 aliphatic rings. The highest BCUT2D eigenvalue weighted by atomic mass is 16.5. The largest absolute Gasteiger partial charge is 0.496 e. The molecule has 2 aromatic rings. The van der Waals surface area contributed by atoms with Crippen LogP contribution in [-0.4, -0.2) is 24.4 Å². The van der Waals surface area contributed by atoms with E-state index in [1.165, 1.54) is 12.1 Å². The molecule has 102 valence electrons. The number of rotatable bonds is 5. The van der Waals surface area contributed by atoms with Crippen LogP contribution in [0.25, 0.3) is 0 Å². The zero-order chi connectivity index (χ0) is 14.4. The summed E-state index contributed by atoms with van der Waals surface area (Å²) in [5.41, 5.74) is 4.63. The Kier molecular flexibility index (Phi) is 4.34. The third kappa shape index (κ3) is 3.35. The van der Waals surface area contributed by atoms with Crippen LogP contribution in [0, 0.1) is 0 Å². The first-order chi connectivity index (χ1) is 9.70.